The SMILES string of the molecule is CC(C)c1csc(CC(=O)O)n1. The van der Waals surface area contributed by atoms with Crippen molar-refractivity contribution in [3.8, 4) is 0 Å². The molecule has 0 fully saturated rings. The van der Waals surface area contributed by atoms with Crippen LogP contribution in [0.1, 0.15) is 30.5 Å². The van der Waals surface area contributed by atoms with Crippen molar-refractivity contribution in [2.24, 2.45) is 0 Å². The number of aromatic nitrogens is 1. The number of carbonyl (C=O) groups is 1. The highest BCUT2D eigenvalue weighted by atomic mass is 32.1. The van der Waals surface area contributed by atoms with E-state index < -0.39 is 5.97 Å². The lowest BCUT2D eigenvalue weighted by molar-refractivity contribution is -0.136. The first-order chi connectivity index (χ1) is 5.59. The quantitative estimate of drug-likeness (QED) is 0.782. The summed E-state index contributed by atoms with van der Waals surface area (Å²) in [5, 5.41) is 11.1. The van der Waals surface area contributed by atoms with Gasteiger partial charge in [0.1, 0.15) is 5.01 Å². The molecule has 0 aliphatic heterocycles. The normalized spacial score (nSPS) is 10.6. The predicted molar refractivity (Wildman–Crippen MR) is 47.5 cm³/mol. The van der Waals surface area contributed by atoms with Crippen LogP contribution in [0.5, 0.6) is 0 Å². The molecule has 0 saturated carbocycles. The maximum atomic E-state index is 10.3. The maximum absolute atomic E-state index is 10.3. The molecular weight excluding hydrogens is 174 g/mol. The summed E-state index contributed by atoms with van der Waals surface area (Å²) in [6.07, 6.45) is 0.0391. The summed E-state index contributed by atoms with van der Waals surface area (Å²) in [4.78, 5) is 14.5. The molecular formula is C8H11NO2S. The summed E-state index contributed by atoms with van der Waals surface area (Å²) in [6, 6.07) is 0. The zero-order valence-corrected chi connectivity index (χ0v) is 7.89. The Labute approximate surface area is 75.1 Å². The first kappa shape index (κ1) is 9.19. The van der Waals surface area contributed by atoms with Crippen molar-refractivity contribution in [1.29, 1.82) is 0 Å². The number of hydrogen-bond donors (Lipinski definition) is 1. The second kappa shape index (κ2) is 3.67. The van der Waals surface area contributed by atoms with Gasteiger partial charge < -0.3 is 5.11 Å². The van der Waals surface area contributed by atoms with E-state index in [9.17, 15) is 4.79 Å². The van der Waals surface area contributed by atoms with Gasteiger partial charge in [0.25, 0.3) is 0 Å². The molecule has 0 aliphatic carbocycles. The summed E-state index contributed by atoms with van der Waals surface area (Å²) in [5.41, 5.74) is 0.983. The van der Waals surface area contributed by atoms with E-state index in [2.05, 4.69) is 4.98 Å². The van der Waals surface area contributed by atoms with Gasteiger partial charge in [-0.3, -0.25) is 4.79 Å². The number of carboxylic acid groups (broad SMARTS) is 1. The standard InChI is InChI=1S/C8H11NO2S/c1-5(2)6-4-12-7(9-6)3-8(10)11/h4-5H,3H2,1-2H3,(H,10,11). The molecule has 1 N–H and O–H groups in total. The second-order valence-electron chi connectivity index (χ2n) is 2.89. The molecule has 1 rings (SSSR count). The van der Waals surface area contributed by atoms with Gasteiger partial charge in [-0.05, 0) is 5.92 Å². The Balaban J connectivity index is 2.70. The van der Waals surface area contributed by atoms with Gasteiger partial charge in [0.15, 0.2) is 0 Å². The lowest BCUT2D eigenvalue weighted by Crippen LogP contribution is -1.99. The average Bonchev–Trinajstić information content (AvgIpc) is 2.34. The Bertz CT molecular complexity index is 280. The molecule has 3 nitrogen and oxygen atoms in total. The van der Waals surface area contributed by atoms with Crippen molar-refractivity contribution in [3.63, 3.8) is 0 Å². The first-order valence-corrected chi connectivity index (χ1v) is 4.63. The van der Waals surface area contributed by atoms with E-state index in [1.54, 1.807) is 0 Å². The highest BCUT2D eigenvalue weighted by Crippen LogP contribution is 2.17. The average molecular weight is 185 g/mol. The van der Waals surface area contributed by atoms with Crippen LogP contribution in [0.3, 0.4) is 0 Å². The number of nitrogens with zero attached hydrogens (tertiary/aromatic N) is 1. The van der Waals surface area contributed by atoms with E-state index in [0.29, 0.717) is 10.9 Å². The van der Waals surface area contributed by atoms with E-state index in [-0.39, 0.29) is 6.42 Å². The number of rotatable bonds is 3. The zero-order chi connectivity index (χ0) is 9.14. The van der Waals surface area contributed by atoms with E-state index in [1.165, 1.54) is 11.3 Å². The van der Waals surface area contributed by atoms with Crippen LogP contribution in [0.25, 0.3) is 0 Å². The van der Waals surface area contributed by atoms with E-state index in [4.69, 9.17) is 5.11 Å². The number of carboxylic acids is 1. The summed E-state index contributed by atoms with van der Waals surface area (Å²) in [6.45, 7) is 4.08. The lowest BCUT2D eigenvalue weighted by Gasteiger charge is -1.96. The molecule has 0 spiro atoms. The molecule has 0 atom stereocenters. The van der Waals surface area contributed by atoms with Crippen molar-refractivity contribution >= 4 is 17.3 Å². The molecule has 4 heteroatoms. The van der Waals surface area contributed by atoms with E-state index >= 15 is 0 Å². The largest absolute Gasteiger partial charge is 0.481 e. The van der Waals surface area contributed by atoms with Crippen LogP contribution in [-0.2, 0) is 11.2 Å². The topological polar surface area (TPSA) is 50.2 Å². The van der Waals surface area contributed by atoms with Gasteiger partial charge in [0.05, 0.1) is 12.1 Å². The highest BCUT2D eigenvalue weighted by Gasteiger charge is 2.07. The first-order valence-electron chi connectivity index (χ1n) is 3.75. The fraction of sp³-hybridized carbons (Fsp3) is 0.500. The molecule has 0 aliphatic rings. The third-order valence-corrected chi connectivity index (χ3v) is 2.33. The van der Waals surface area contributed by atoms with Crippen LogP contribution >= 0.6 is 11.3 Å². The molecule has 0 unspecified atom stereocenters. The van der Waals surface area contributed by atoms with Crippen LogP contribution < -0.4 is 0 Å². The van der Waals surface area contributed by atoms with Crippen LogP contribution in [0.4, 0.5) is 0 Å². The molecule has 0 radical (unpaired) electrons. The van der Waals surface area contributed by atoms with Crippen molar-refractivity contribution in [3.05, 3.63) is 16.1 Å². The van der Waals surface area contributed by atoms with Crippen molar-refractivity contribution < 1.29 is 9.90 Å². The number of hydrogen-bond acceptors (Lipinski definition) is 3. The molecule has 0 saturated heterocycles. The minimum absolute atomic E-state index is 0.0391. The van der Waals surface area contributed by atoms with Crippen molar-refractivity contribution in [2.45, 2.75) is 26.2 Å². The maximum Gasteiger partial charge on any atom is 0.310 e. The van der Waals surface area contributed by atoms with Gasteiger partial charge >= 0.3 is 5.97 Å². The molecule has 1 aromatic heterocycles. The second-order valence-corrected chi connectivity index (χ2v) is 3.83. The van der Waals surface area contributed by atoms with Crippen LogP contribution in [0, 0.1) is 0 Å². The third kappa shape index (κ3) is 2.30. The van der Waals surface area contributed by atoms with Gasteiger partial charge in [-0.25, -0.2) is 4.98 Å². The minimum Gasteiger partial charge on any atom is -0.481 e. The number of thiazole rings is 1. The Morgan fingerprint density at radius 1 is 1.75 bits per heavy atom. The summed E-state index contributed by atoms with van der Waals surface area (Å²) in [5.74, 6) is -0.441. The summed E-state index contributed by atoms with van der Waals surface area (Å²) < 4.78 is 0. The lowest BCUT2D eigenvalue weighted by atomic mass is 10.2. The smallest absolute Gasteiger partial charge is 0.310 e. The molecule has 66 valence electrons. The fourth-order valence-electron chi connectivity index (χ4n) is 0.801. The molecule has 1 heterocycles. The van der Waals surface area contributed by atoms with Gasteiger partial charge in [0, 0.05) is 5.38 Å². The van der Waals surface area contributed by atoms with E-state index in [0.717, 1.165) is 5.69 Å². The highest BCUT2D eigenvalue weighted by molar-refractivity contribution is 7.09. The molecule has 0 aromatic carbocycles. The van der Waals surface area contributed by atoms with E-state index in [1.807, 2.05) is 19.2 Å². The Morgan fingerprint density at radius 3 is 2.83 bits per heavy atom. The van der Waals surface area contributed by atoms with Crippen molar-refractivity contribution in [2.75, 3.05) is 0 Å². The van der Waals surface area contributed by atoms with Crippen LogP contribution in [-0.4, -0.2) is 16.1 Å². The van der Waals surface area contributed by atoms with Crippen LogP contribution in [0.15, 0.2) is 5.38 Å². The molecule has 0 amide bonds. The fourth-order valence-corrected chi connectivity index (χ4v) is 1.75. The predicted octanol–water partition coefficient (Wildman–Crippen LogP) is 1.89. The molecule has 0 bridgehead atoms. The van der Waals surface area contributed by atoms with Gasteiger partial charge in [0.2, 0.25) is 0 Å². The molecule has 1 aromatic rings. The van der Waals surface area contributed by atoms with Gasteiger partial charge in [-0.2, -0.15) is 0 Å². The third-order valence-electron chi connectivity index (χ3n) is 1.46. The monoisotopic (exact) mass is 185 g/mol. The van der Waals surface area contributed by atoms with Gasteiger partial charge in [-0.15, -0.1) is 11.3 Å². The summed E-state index contributed by atoms with van der Waals surface area (Å²) >= 11 is 1.41. The Kier molecular flexibility index (Phi) is 2.81. The summed E-state index contributed by atoms with van der Waals surface area (Å²) in [7, 11) is 0. The Morgan fingerprint density at radius 2 is 2.42 bits per heavy atom. The van der Waals surface area contributed by atoms with Crippen LogP contribution in [0.2, 0.25) is 0 Å². The Hall–Kier alpha value is -0.900. The minimum atomic E-state index is -0.820. The molecule has 12 heavy (non-hydrogen) atoms. The van der Waals surface area contributed by atoms with Crippen molar-refractivity contribution in [1.82, 2.24) is 4.98 Å². The van der Waals surface area contributed by atoms with Gasteiger partial charge in [-0.1, -0.05) is 13.8 Å². The number of aliphatic carboxylic acids is 1. The zero-order valence-electron chi connectivity index (χ0n) is 7.07.